The number of nitrogens with one attached hydrogen (secondary N) is 3. The Balaban J connectivity index is 1.85. The normalized spacial score (nSPS) is 15.6. The van der Waals surface area contributed by atoms with Crippen molar-refractivity contribution in [2.24, 2.45) is 0 Å². The Bertz CT molecular complexity index is 655. The molecule has 6 heteroatoms. The van der Waals surface area contributed by atoms with Crippen LogP contribution in [0.1, 0.15) is 17.0 Å². The van der Waals surface area contributed by atoms with E-state index in [2.05, 4.69) is 25.9 Å². The van der Waals surface area contributed by atoms with E-state index in [0.717, 1.165) is 37.3 Å². The molecule has 0 spiro atoms. The lowest BCUT2D eigenvalue weighted by atomic mass is 10.1. The van der Waals surface area contributed by atoms with Gasteiger partial charge in [-0.2, -0.15) is 0 Å². The summed E-state index contributed by atoms with van der Waals surface area (Å²) in [6, 6.07) is 4.06. The lowest BCUT2D eigenvalue weighted by Gasteiger charge is -2.27. The molecule has 94 valence electrons. The van der Waals surface area contributed by atoms with Crippen LogP contribution in [0.15, 0.2) is 23.1 Å². The maximum atomic E-state index is 11.7. The molecule has 5 nitrogen and oxygen atoms in total. The van der Waals surface area contributed by atoms with Gasteiger partial charge in [-0.25, -0.2) is 0 Å². The van der Waals surface area contributed by atoms with E-state index >= 15 is 0 Å². The minimum absolute atomic E-state index is 0.0479. The van der Waals surface area contributed by atoms with Gasteiger partial charge in [-0.3, -0.25) is 14.7 Å². The van der Waals surface area contributed by atoms with Crippen molar-refractivity contribution in [1.29, 1.82) is 0 Å². The van der Waals surface area contributed by atoms with Gasteiger partial charge in [0.25, 0.3) is 5.56 Å². The Hall–Kier alpha value is -1.66. The second-order valence-corrected chi connectivity index (χ2v) is 4.93. The third-order valence-electron chi connectivity index (χ3n) is 3.25. The highest BCUT2D eigenvalue weighted by Crippen LogP contribution is 2.15. The predicted octanol–water partition coefficient (Wildman–Crippen LogP) is 1.32. The van der Waals surface area contributed by atoms with Crippen molar-refractivity contribution in [3.8, 4) is 0 Å². The molecule has 2 aromatic heterocycles. The van der Waals surface area contributed by atoms with Gasteiger partial charge in [0, 0.05) is 42.8 Å². The Morgan fingerprint density at radius 3 is 3.06 bits per heavy atom. The maximum Gasteiger partial charge on any atom is 0.255 e. The molecule has 0 aromatic carbocycles. The van der Waals surface area contributed by atoms with Crippen molar-refractivity contribution in [2.45, 2.75) is 19.5 Å². The molecule has 0 amide bonds. The summed E-state index contributed by atoms with van der Waals surface area (Å²) in [6.45, 7) is 2.49. The number of nitrogens with zero attached hydrogens (tertiary/aromatic N) is 1. The Labute approximate surface area is 109 Å². The summed E-state index contributed by atoms with van der Waals surface area (Å²) < 4.78 is 0.403. The van der Waals surface area contributed by atoms with Crippen molar-refractivity contribution in [2.75, 3.05) is 6.54 Å². The van der Waals surface area contributed by atoms with Crippen LogP contribution in [0.25, 0.3) is 0 Å². The SMILES string of the molecule is O=c1[nH]c(=S)[nH]c2c1CCN(Cc1ccc[nH]1)C2. The number of hydrogen-bond donors (Lipinski definition) is 3. The van der Waals surface area contributed by atoms with Crippen molar-refractivity contribution in [1.82, 2.24) is 19.9 Å². The third-order valence-corrected chi connectivity index (χ3v) is 3.45. The highest BCUT2D eigenvalue weighted by atomic mass is 32.1. The second-order valence-electron chi connectivity index (χ2n) is 4.52. The largest absolute Gasteiger partial charge is 0.364 e. The van der Waals surface area contributed by atoms with Crippen molar-refractivity contribution in [3.63, 3.8) is 0 Å². The average molecular weight is 262 g/mol. The van der Waals surface area contributed by atoms with Gasteiger partial charge in [0.2, 0.25) is 0 Å². The summed E-state index contributed by atoms with van der Waals surface area (Å²) >= 11 is 5.00. The van der Waals surface area contributed by atoms with Gasteiger partial charge in [0.15, 0.2) is 4.77 Å². The van der Waals surface area contributed by atoms with E-state index in [1.54, 1.807) is 0 Å². The number of H-pyrrole nitrogens is 3. The zero-order valence-corrected chi connectivity index (χ0v) is 10.6. The Morgan fingerprint density at radius 2 is 2.28 bits per heavy atom. The Morgan fingerprint density at radius 1 is 1.39 bits per heavy atom. The molecule has 0 unspecified atom stereocenters. The van der Waals surface area contributed by atoms with Gasteiger partial charge in [0.05, 0.1) is 0 Å². The van der Waals surface area contributed by atoms with Crippen LogP contribution in [-0.4, -0.2) is 26.4 Å². The number of fused-ring (bicyclic) bond motifs is 1. The molecule has 0 saturated heterocycles. The van der Waals surface area contributed by atoms with E-state index in [9.17, 15) is 4.79 Å². The summed E-state index contributed by atoms with van der Waals surface area (Å²) in [6.07, 6.45) is 2.68. The van der Waals surface area contributed by atoms with Crippen molar-refractivity contribution >= 4 is 12.2 Å². The Kier molecular flexibility index (Phi) is 2.89. The minimum Gasteiger partial charge on any atom is -0.364 e. The summed E-state index contributed by atoms with van der Waals surface area (Å²) in [7, 11) is 0. The van der Waals surface area contributed by atoms with Crippen LogP contribution in [0, 0.1) is 4.77 Å². The van der Waals surface area contributed by atoms with E-state index in [-0.39, 0.29) is 5.56 Å². The van der Waals surface area contributed by atoms with Gasteiger partial charge < -0.3 is 9.97 Å². The molecule has 1 aliphatic rings. The molecule has 1 aliphatic heterocycles. The van der Waals surface area contributed by atoms with E-state index in [1.807, 2.05) is 12.3 Å². The van der Waals surface area contributed by atoms with Crippen LogP contribution >= 0.6 is 12.2 Å². The first kappa shape index (κ1) is 11.4. The van der Waals surface area contributed by atoms with Crippen molar-refractivity contribution in [3.05, 3.63) is 50.4 Å². The molecule has 0 aliphatic carbocycles. The molecule has 0 bridgehead atoms. The lowest BCUT2D eigenvalue weighted by Crippen LogP contribution is -2.34. The van der Waals surface area contributed by atoms with Crippen LogP contribution < -0.4 is 5.56 Å². The van der Waals surface area contributed by atoms with E-state index < -0.39 is 0 Å². The molecular weight excluding hydrogens is 248 g/mol. The molecular formula is C12H14N4OS. The van der Waals surface area contributed by atoms with Gasteiger partial charge in [-0.1, -0.05) is 0 Å². The number of rotatable bonds is 2. The molecule has 18 heavy (non-hydrogen) atoms. The minimum atomic E-state index is -0.0479. The van der Waals surface area contributed by atoms with Crippen LogP contribution in [0.3, 0.4) is 0 Å². The van der Waals surface area contributed by atoms with Gasteiger partial charge in [-0.05, 0) is 30.8 Å². The second kappa shape index (κ2) is 4.55. The fourth-order valence-corrected chi connectivity index (χ4v) is 2.59. The molecule has 3 rings (SSSR count). The molecule has 3 heterocycles. The first-order valence-corrected chi connectivity index (χ1v) is 6.32. The monoisotopic (exact) mass is 262 g/mol. The maximum absolute atomic E-state index is 11.7. The third kappa shape index (κ3) is 2.16. The molecule has 2 aromatic rings. The highest BCUT2D eigenvalue weighted by Gasteiger charge is 2.19. The average Bonchev–Trinajstić information content (AvgIpc) is 2.81. The van der Waals surface area contributed by atoms with Gasteiger partial charge in [0.1, 0.15) is 0 Å². The van der Waals surface area contributed by atoms with Crippen LogP contribution in [0.5, 0.6) is 0 Å². The zero-order valence-electron chi connectivity index (χ0n) is 9.82. The summed E-state index contributed by atoms with van der Waals surface area (Å²) in [5.41, 5.74) is 2.92. The van der Waals surface area contributed by atoms with Crippen LogP contribution in [-0.2, 0) is 19.5 Å². The molecule has 3 N–H and O–H groups in total. The molecule has 0 radical (unpaired) electrons. The van der Waals surface area contributed by atoms with E-state index in [1.165, 1.54) is 5.69 Å². The number of hydrogen-bond acceptors (Lipinski definition) is 3. The molecule has 0 fully saturated rings. The smallest absolute Gasteiger partial charge is 0.255 e. The number of aromatic nitrogens is 3. The summed E-state index contributed by atoms with van der Waals surface area (Å²) in [4.78, 5) is 22.9. The van der Waals surface area contributed by atoms with Crippen LogP contribution in [0.2, 0.25) is 0 Å². The number of aromatic amines is 3. The van der Waals surface area contributed by atoms with E-state index in [0.29, 0.717) is 4.77 Å². The topological polar surface area (TPSA) is 67.7 Å². The molecule has 0 saturated carbocycles. The summed E-state index contributed by atoms with van der Waals surface area (Å²) in [5, 5.41) is 0. The zero-order chi connectivity index (χ0) is 12.5. The standard InChI is InChI=1S/C12H14N4OS/c17-11-9-3-5-16(6-8-2-1-4-13-8)7-10(9)14-12(18)15-11/h1-2,4,13H,3,5-7H2,(H2,14,15,17,18). The summed E-state index contributed by atoms with van der Waals surface area (Å²) in [5.74, 6) is 0. The quantitative estimate of drug-likeness (QED) is 0.715. The fourth-order valence-electron chi connectivity index (χ4n) is 2.37. The highest BCUT2D eigenvalue weighted by molar-refractivity contribution is 7.71. The van der Waals surface area contributed by atoms with Crippen LogP contribution in [0.4, 0.5) is 0 Å². The first-order chi connectivity index (χ1) is 8.72. The van der Waals surface area contributed by atoms with E-state index in [4.69, 9.17) is 12.2 Å². The van der Waals surface area contributed by atoms with Gasteiger partial charge in [-0.15, -0.1) is 0 Å². The molecule has 0 atom stereocenters. The van der Waals surface area contributed by atoms with Gasteiger partial charge >= 0.3 is 0 Å². The van der Waals surface area contributed by atoms with Crippen molar-refractivity contribution < 1.29 is 0 Å². The predicted molar refractivity (Wildman–Crippen MR) is 70.9 cm³/mol. The first-order valence-electron chi connectivity index (χ1n) is 5.91. The fraction of sp³-hybridized carbons (Fsp3) is 0.333. The lowest BCUT2D eigenvalue weighted by molar-refractivity contribution is 0.238.